The van der Waals surface area contributed by atoms with Gasteiger partial charge in [0.25, 0.3) is 0 Å². The molecule has 3 heteroatoms. The van der Waals surface area contributed by atoms with Gasteiger partial charge in [-0.2, -0.15) is 0 Å². The molecular weight excluding hydrogens is 205 g/mol. The van der Waals surface area contributed by atoms with Crippen molar-refractivity contribution in [1.29, 1.82) is 0 Å². The number of rotatable bonds is 7. The van der Waals surface area contributed by atoms with Crippen LogP contribution in [0.3, 0.4) is 0 Å². The third-order valence-corrected chi connectivity index (χ3v) is 2.23. The van der Waals surface area contributed by atoms with E-state index in [0.29, 0.717) is 6.10 Å². The first-order valence-electron chi connectivity index (χ1n) is 5.75. The molecule has 0 spiro atoms. The van der Waals surface area contributed by atoms with Gasteiger partial charge >= 0.3 is 0 Å². The van der Waals surface area contributed by atoms with Crippen molar-refractivity contribution in [1.82, 2.24) is 5.32 Å². The van der Waals surface area contributed by atoms with Gasteiger partial charge in [0.1, 0.15) is 5.82 Å². The number of benzene rings is 1. The Morgan fingerprint density at radius 1 is 1.19 bits per heavy atom. The standard InChI is InChI=1S/C13H20FNO/c1-11(2)16-10-9-15-8-7-12-3-5-13(14)6-4-12/h3-6,11,15H,7-10H2,1-2H3. The van der Waals surface area contributed by atoms with Crippen molar-refractivity contribution in [3.05, 3.63) is 35.6 Å². The lowest BCUT2D eigenvalue weighted by molar-refractivity contribution is 0.0810. The number of halogens is 1. The van der Waals surface area contributed by atoms with Crippen LogP contribution in [0.2, 0.25) is 0 Å². The highest BCUT2D eigenvalue weighted by Gasteiger charge is 1.95. The summed E-state index contributed by atoms with van der Waals surface area (Å²) in [6.07, 6.45) is 1.21. The zero-order valence-corrected chi connectivity index (χ0v) is 10.0. The Balaban J connectivity index is 2.05. The Kier molecular flexibility index (Phi) is 6.04. The second kappa shape index (κ2) is 7.36. The molecule has 0 saturated carbocycles. The fourth-order valence-electron chi connectivity index (χ4n) is 1.38. The molecule has 0 aliphatic carbocycles. The van der Waals surface area contributed by atoms with Crippen LogP contribution in [0.4, 0.5) is 4.39 Å². The first-order valence-corrected chi connectivity index (χ1v) is 5.75. The molecule has 0 aliphatic heterocycles. The maximum Gasteiger partial charge on any atom is 0.123 e. The maximum atomic E-state index is 12.6. The molecule has 90 valence electrons. The van der Waals surface area contributed by atoms with E-state index < -0.39 is 0 Å². The number of ether oxygens (including phenoxy) is 1. The molecular formula is C13H20FNO. The molecule has 0 aliphatic rings. The summed E-state index contributed by atoms with van der Waals surface area (Å²) in [4.78, 5) is 0. The first-order chi connectivity index (χ1) is 7.68. The normalized spacial score (nSPS) is 11.0. The summed E-state index contributed by atoms with van der Waals surface area (Å²) >= 11 is 0. The maximum absolute atomic E-state index is 12.6. The molecule has 2 nitrogen and oxygen atoms in total. The van der Waals surface area contributed by atoms with E-state index in [1.54, 1.807) is 0 Å². The second-order valence-electron chi connectivity index (χ2n) is 4.05. The molecule has 0 aromatic heterocycles. The lowest BCUT2D eigenvalue weighted by atomic mass is 10.1. The Morgan fingerprint density at radius 2 is 1.88 bits per heavy atom. The van der Waals surface area contributed by atoms with E-state index in [9.17, 15) is 4.39 Å². The fraction of sp³-hybridized carbons (Fsp3) is 0.538. The molecule has 0 heterocycles. The lowest BCUT2D eigenvalue weighted by Gasteiger charge is -2.08. The van der Waals surface area contributed by atoms with E-state index in [1.165, 1.54) is 12.1 Å². The summed E-state index contributed by atoms with van der Waals surface area (Å²) in [6.45, 7) is 6.55. The Morgan fingerprint density at radius 3 is 2.50 bits per heavy atom. The minimum absolute atomic E-state index is 0.179. The predicted octanol–water partition coefficient (Wildman–Crippen LogP) is 2.38. The van der Waals surface area contributed by atoms with Crippen LogP contribution in [0.25, 0.3) is 0 Å². The van der Waals surface area contributed by atoms with Gasteiger partial charge in [-0.15, -0.1) is 0 Å². The van der Waals surface area contributed by atoms with Gasteiger partial charge in [-0.1, -0.05) is 12.1 Å². The van der Waals surface area contributed by atoms with Crippen molar-refractivity contribution < 1.29 is 9.13 Å². The Labute approximate surface area is 96.8 Å². The summed E-state index contributed by atoms with van der Waals surface area (Å²) in [5.41, 5.74) is 1.15. The van der Waals surface area contributed by atoms with Crippen molar-refractivity contribution in [2.75, 3.05) is 19.7 Å². The molecule has 0 saturated heterocycles. The van der Waals surface area contributed by atoms with Gasteiger partial charge in [0.05, 0.1) is 12.7 Å². The summed E-state index contributed by atoms with van der Waals surface area (Å²) in [5.74, 6) is -0.179. The summed E-state index contributed by atoms with van der Waals surface area (Å²) in [6, 6.07) is 6.64. The van der Waals surface area contributed by atoms with Gasteiger partial charge in [0.2, 0.25) is 0 Å². The van der Waals surface area contributed by atoms with E-state index in [0.717, 1.165) is 31.7 Å². The van der Waals surface area contributed by atoms with Gasteiger partial charge in [-0.3, -0.25) is 0 Å². The van der Waals surface area contributed by atoms with Crippen molar-refractivity contribution in [3.63, 3.8) is 0 Å². The summed E-state index contributed by atoms with van der Waals surface area (Å²) < 4.78 is 18.0. The highest BCUT2D eigenvalue weighted by molar-refractivity contribution is 5.16. The quantitative estimate of drug-likeness (QED) is 0.719. The minimum atomic E-state index is -0.179. The van der Waals surface area contributed by atoms with Gasteiger partial charge in [0, 0.05) is 6.54 Å². The zero-order chi connectivity index (χ0) is 11.8. The van der Waals surface area contributed by atoms with Gasteiger partial charge in [-0.05, 0) is 44.5 Å². The lowest BCUT2D eigenvalue weighted by Crippen LogP contribution is -2.23. The van der Waals surface area contributed by atoms with E-state index >= 15 is 0 Å². The highest BCUT2D eigenvalue weighted by Crippen LogP contribution is 2.02. The predicted molar refractivity (Wildman–Crippen MR) is 64.1 cm³/mol. The number of nitrogens with one attached hydrogen (secondary N) is 1. The fourth-order valence-corrected chi connectivity index (χ4v) is 1.38. The van der Waals surface area contributed by atoms with Crippen molar-refractivity contribution in [2.45, 2.75) is 26.4 Å². The van der Waals surface area contributed by atoms with Crippen LogP contribution in [0, 0.1) is 5.82 Å². The molecule has 0 bridgehead atoms. The summed E-state index contributed by atoms with van der Waals surface area (Å²) in [7, 11) is 0. The molecule has 1 N–H and O–H groups in total. The third kappa shape index (κ3) is 5.83. The van der Waals surface area contributed by atoms with E-state index in [2.05, 4.69) is 5.32 Å². The second-order valence-corrected chi connectivity index (χ2v) is 4.05. The van der Waals surface area contributed by atoms with Crippen LogP contribution >= 0.6 is 0 Å². The highest BCUT2D eigenvalue weighted by atomic mass is 19.1. The van der Waals surface area contributed by atoms with Crippen molar-refractivity contribution in [3.8, 4) is 0 Å². The van der Waals surface area contributed by atoms with Crippen LogP contribution in [0.5, 0.6) is 0 Å². The Bertz CT molecular complexity index is 284. The van der Waals surface area contributed by atoms with Crippen LogP contribution in [0.1, 0.15) is 19.4 Å². The molecule has 0 unspecified atom stereocenters. The van der Waals surface area contributed by atoms with Crippen LogP contribution in [-0.2, 0) is 11.2 Å². The molecule has 0 atom stereocenters. The molecule has 1 aromatic carbocycles. The van der Waals surface area contributed by atoms with Crippen LogP contribution in [-0.4, -0.2) is 25.8 Å². The van der Waals surface area contributed by atoms with Crippen molar-refractivity contribution >= 4 is 0 Å². The van der Waals surface area contributed by atoms with E-state index in [-0.39, 0.29) is 5.82 Å². The van der Waals surface area contributed by atoms with Gasteiger partial charge in [-0.25, -0.2) is 4.39 Å². The smallest absolute Gasteiger partial charge is 0.123 e. The van der Waals surface area contributed by atoms with E-state index in [1.807, 2.05) is 26.0 Å². The average molecular weight is 225 g/mol. The first kappa shape index (κ1) is 13.1. The Hall–Kier alpha value is -0.930. The van der Waals surface area contributed by atoms with Gasteiger partial charge < -0.3 is 10.1 Å². The summed E-state index contributed by atoms with van der Waals surface area (Å²) in [5, 5.41) is 3.29. The number of hydrogen-bond donors (Lipinski definition) is 1. The molecule has 0 fully saturated rings. The van der Waals surface area contributed by atoms with Crippen LogP contribution < -0.4 is 5.32 Å². The SMILES string of the molecule is CC(C)OCCNCCc1ccc(F)cc1. The minimum Gasteiger partial charge on any atom is -0.377 e. The topological polar surface area (TPSA) is 21.3 Å². The molecule has 1 aromatic rings. The largest absolute Gasteiger partial charge is 0.377 e. The van der Waals surface area contributed by atoms with E-state index in [4.69, 9.17) is 4.74 Å². The molecule has 1 rings (SSSR count). The number of hydrogen-bond acceptors (Lipinski definition) is 2. The molecule has 0 amide bonds. The average Bonchev–Trinajstić information content (AvgIpc) is 2.25. The van der Waals surface area contributed by atoms with Gasteiger partial charge in [0.15, 0.2) is 0 Å². The monoisotopic (exact) mass is 225 g/mol. The zero-order valence-electron chi connectivity index (χ0n) is 10.0. The molecule has 0 radical (unpaired) electrons. The molecule has 16 heavy (non-hydrogen) atoms. The third-order valence-electron chi connectivity index (χ3n) is 2.23. The van der Waals surface area contributed by atoms with Crippen LogP contribution in [0.15, 0.2) is 24.3 Å². The van der Waals surface area contributed by atoms with Crippen molar-refractivity contribution in [2.24, 2.45) is 0 Å².